The van der Waals surface area contributed by atoms with Crippen LogP contribution >= 0.6 is 0 Å². The van der Waals surface area contributed by atoms with Gasteiger partial charge in [0, 0.05) is 17.0 Å². The molecule has 1 aromatic heterocycles. The van der Waals surface area contributed by atoms with Crippen LogP contribution in [0.2, 0.25) is 0 Å². The molecule has 2 aromatic carbocycles. The number of hydrogen-bond acceptors (Lipinski definition) is 6. The summed E-state index contributed by atoms with van der Waals surface area (Å²) >= 11 is 0. The molecule has 0 aliphatic rings. The fourth-order valence-electron chi connectivity index (χ4n) is 3.63. The second-order valence-corrected chi connectivity index (χ2v) is 7.46. The van der Waals surface area contributed by atoms with E-state index in [0.717, 1.165) is 34.9 Å². The summed E-state index contributed by atoms with van der Waals surface area (Å²) in [5.74, 6) is 0.0626. The molecule has 0 N–H and O–H groups in total. The van der Waals surface area contributed by atoms with Gasteiger partial charge in [-0.05, 0) is 48.6 Å². The number of ether oxygens (including phenoxy) is 3. The largest absolute Gasteiger partial charge is 0.503 e. The third kappa shape index (κ3) is 5.02. The lowest BCUT2D eigenvalue weighted by Crippen LogP contribution is -2.10. The zero-order valence-corrected chi connectivity index (χ0v) is 18.9. The van der Waals surface area contributed by atoms with E-state index in [9.17, 15) is 9.59 Å². The number of methoxy groups -OCH3 is 2. The van der Waals surface area contributed by atoms with Crippen LogP contribution in [0.5, 0.6) is 5.75 Å². The first-order valence-electron chi connectivity index (χ1n) is 10.6. The first-order chi connectivity index (χ1) is 15.5. The lowest BCUT2D eigenvalue weighted by Gasteiger charge is -2.13. The molecule has 0 saturated carbocycles. The topological polar surface area (TPSA) is 75.0 Å². The van der Waals surface area contributed by atoms with E-state index in [0.29, 0.717) is 28.9 Å². The Morgan fingerprint density at radius 1 is 1.12 bits per heavy atom. The maximum atomic E-state index is 12.5. The monoisotopic (exact) mass is 436 g/mol. The van der Waals surface area contributed by atoms with E-state index < -0.39 is 5.97 Å². The third-order valence-corrected chi connectivity index (χ3v) is 5.38. The highest BCUT2D eigenvalue weighted by atomic mass is 16.5. The molecular weight excluding hydrogens is 408 g/mol. The molecule has 3 aromatic rings. The van der Waals surface area contributed by atoms with Crippen molar-refractivity contribution in [2.75, 3.05) is 14.2 Å². The van der Waals surface area contributed by atoms with Crippen molar-refractivity contribution >= 4 is 22.5 Å². The second-order valence-electron chi connectivity index (χ2n) is 7.46. The summed E-state index contributed by atoms with van der Waals surface area (Å²) in [6.45, 7) is 4.26. The van der Waals surface area contributed by atoms with E-state index in [1.807, 2.05) is 37.3 Å². The van der Waals surface area contributed by atoms with Crippen LogP contribution in [0.4, 0.5) is 0 Å². The van der Waals surface area contributed by atoms with Gasteiger partial charge >= 0.3 is 11.6 Å². The molecule has 6 nitrogen and oxygen atoms in total. The SMILES string of the molecule is CCCCc1c(C)c2ccc(OCc3ccccc3C(=COC)C(=O)OC)cc2oc1=O. The van der Waals surface area contributed by atoms with Crippen LogP contribution in [0.1, 0.15) is 42.0 Å². The molecule has 0 radical (unpaired) electrons. The molecule has 0 amide bonds. The highest BCUT2D eigenvalue weighted by Gasteiger charge is 2.17. The van der Waals surface area contributed by atoms with Gasteiger partial charge in [0.05, 0.1) is 20.5 Å². The summed E-state index contributed by atoms with van der Waals surface area (Å²) in [4.78, 5) is 24.6. The minimum Gasteiger partial charge on any atom is -0.503 e. The van der Waals surface area contributed by atoms with Crippen molar-refractivity contribution in [3.05, 3.63) is 81.4 Å². The fourth-order valence-corrected chi connectivity index (χ4v) is 3.63. The molecule has 0 aliphatic heterocycles. The van der Waals surface area contributed by atoms with Crippen LogP contribution in [-0.4, -0.2) is 20.2 Å². The molecule has 0 fully saturated rings. The molecule has 0 unspecified atom stereocenters. The molecule has 0 saturated heterocycles. The Morgan fingerprint density at radius 3 is 2.62 bits per heavy atom. The molecule has 0 spiro atoms. The van der Waals surface area contributed by atoms with Gasteiger partial charge in [0.2, 0.25) is 0 Å². The van der Waals surface area contributed by atoms with Gasteiger partial charge in [-0.25, -0.2) is 9.59 Å². The number of aryl methyl sites for hydroxylation is 1. The quantitative estimate of drug-likeness (QED) is 0.199. The highest BCUT2D eigenvalue weighted by molar-refractivity contribution is 6.16. The van der Waals surface area contributed by atoms with Gasteiger partial charge in [0.15, 0.2) is 0 Å². The molecule has 6 heteroatoms. The Hall–Kier alpha value is -3.54. The van der Waals surface area contributed by atoms with Gasteiger partial charge < -0.3 is 18.6 Å². The Bertz CT molecular complexity index is 1190. The van der Waals surface area contributed by atoms with Crippen LogP contribution in [0, 0.1) is 6.92 Å². The van der Waals surface area contributed by atoms with Crippen molar-refractivity contribution in [1.29, 1.82) is 0 Å². The number of hydrogen-bond donors (Lipinski definition) is 0. The predicted molar refractivity (Wildman–Crippen MR) is 124 cm³/mol. The van der Waals surface area contributed by atoms with E-state index in [1.165, 1.54) is 20.5 Å². The van der Waals surface area contributed by atoms with Gasteiger partial charge in [-0.1, -0.05) is 37.6 Å². The van der Waals surface area contributed by atoms with Gasteiger partial charge in [0.25, 0.3) is 0 Å². The maximum Gasteiger partial charge on any atom is 0.341 e. The second kappa shape index (κ2) is 10.7. The maximum absolute atomic E-state index is 12.5. The van der Waals surface area contributed by atoms with Gasteiger partial charge in [-0.2, -0.15) is 0 Å². The number of carbonyl (C=O) groups is 1. The number of unbranched alkanes of at least 4 members (excludes halogenated alkanes) is 1. The molecule has 0 atom stereocenters. The molecule has 0 aliphatic carbocycles. The standard InChI is InChI=1S/C26H28O6/c1-5-6-10-21-17(2)20-13-12-19(14-24(20)32-26(21)28)31-15-18-9-7-8-11-22(18)23(16-29-3)25(27)30-4/h7-9,11-14,16H,5-6,10,15H2,1-4H3. The van der Waals surface area contributed by atoms with Gasteiger partial charge in [-0.15, -0.1) is 0 Å². The van der Waals surface area contributed by atoms with Crippen molar-refractivity contribution < 1.29 is 23.4 Å². The Kier molecular flexibility index (Phi) is 7.71. The lowest BCUT2D eigenvalue weighted by atomic mass is 10.0. The van der Waals surface area contributed by atoms with Crippen LogP contribution in [-0.2, 0) is 27.3 Å². The minimum atomic E-state index is -0.499. The van der Waals surface area contributed by atoms with Gasteiger partial charge in [-0.3, -0.25) is 0 Å². The number of carbonyl (C=O) groups excluding carboxylic acids is 1. The molecular formula is C26H28O6. The lowest BCUT2D eigenvalue weighted by molar-refractivity contribution is -0.133. The average molecular weight is 437 g/mol. The average Bonchev–Trinajstić information content (AvgIpc) is 2.80. The Balaban J connectivity index is 1.88. The molecule has 168 valence electrons. The van der Waals surface area contributed by atoms with E-state index in [1.54, 1.807) is 12.1 Å². The molecule has 32 heavy (non-hydrogen) atoms. The molecule has 1 heterocycles. The zero-order valence-electron chi connectivity index (χ0n) is 18.9. The van der Waals surface area contributed by atoms with Crippen molar-refractivity contribution in [3.63, 3.8) is 0 Å². The zero-order chi connectivity index (χ0) is 23.1. The van der Waals surface area contributed by atoms with Crippen LogP contribution in [0.15, 0.2) is 57.9 Å². The van der Waals surface area contributed by atoms with Crippen molar-refractivity contribution in [2.45, 2.75) is 39.7 Å². The number of benzene rings is 2. The van der Waals surface area contributed by atoms with Crippen molar-refractivity contribution in [3.8, 4) is 5.75 Å². The van der Waals surface area contributed by atoms with E-state index in [4.69, 9.17) is 18.6 Å². The summed E-state index contributed by atoms with van der Waals surface area (Å²) in [5, 5.41) is 0.902. The van der Waals surface area contributed by atoms with Crippen molar-refractivity contribution in [2.24, 2.45) is 0 Å². The number of fused-ring (bicyclic) bond motifs is 1. The fraction of sp³-hybridized carbons (Fsp3) is 0.308. The number of rotatable bonds is 9. The van der Waals surface area contributed by atoms with E-state index in [2.05, 4.69) is 6.92 Å². The first-order valence-corrected chi connectivity index (χ1v) is 10.6. The van der Waals surface area contributed by atoms with Crippen LogP contribution < -0.4 is 10.4 Å². The first kappa shape index (κ1) is 23.1. The summed E-state index contributed by atoms with van der Waals surface area (Å²) < 4.78 is 21.5. The third-order valence-electron chi connectivity index (χ3n) is 5.38. The summed E-state index contributed by atoms with van der Waals surface area (Å²) in [5.41, 5.74) is 3.63. The highest BCUT2D eigenvalue weighted by Crippen LogP contribution is 2.27. The Morgan fingerprint density at radius 2 is 1.91 bits per heavy atom. The van der Waals surface area contributed by atoms with Crippen LogP contribution in [0.3, 0.4) is 0 Å². The normalized spacial score (nSPS) is 11.4. The summed E-state index contributed by atoms with van der Waals surface area (Å²) in [7, 11) is 2.80. The van der Waals surface area contributed by atoms with E-state index >= 15 is 0 Å². The van der Waals surface area contributed by atoms with E-state index in [-0.39, 0.29) is 12.2 Å². The summed E-state index contributed by atoms with van der Waals surface area (Å²) in [6, 6.07) is 12.9. The van der Waals surface area contributed by atoms with Crippen molar-refractivity contribution in [1.82, 2.24) is 0 Å². The number of esters is 1. The Labute approximate surface area is 187 Å². The molecule has 0 bridgehead atoms. The predicted octanol–water partition coefficient (Wildman–Crippen LogP) is 5.18. The smallest absolute Gasteiger partial charge is 0.341 e. The minimum absolute atomic E-state index is 0.206. The molecule has 3 rings (SSSR count). The van der Waals surface area contributed by atoms with Gasteiger partial charge in [0.1, 0.15) is 23.5 Å². The summed E-state index contributed by atoms with van der Waals surface area (Å²) in [6.07, 6.45) is 4.03. The van der Waals surface area contributed by atoms with Crippen LogP contribution in [0.25, 0.3) is 16.5 Å².